The third kappa shape index (κ3) is 3.22. The van der Waals surface area contributed by atoms with Gasteiger partial charge in [0, 0.05) is 22.4 Å². The number of halogens is 1. The molecule has 4 N–H and O–H groups in total. The molecule has 0 aliphatic carbocycles. The van der Waals surface area contributed by atoms with Crippen LogP contribution in [0.25, 0.3) is 0 Å². The van der Waals surface area contributed by atoms with Crippen molar-refractivity contribution in [3.8, 4) is 0 Å². The number of nitrogens with two attached hydrogens (primary N) is 1. The molecule has 104 valence electrons. The van der Waals surface area contributed by atoms with E-state index in [0.29, 0.717) is 10.7 Å². The molecular formula is C15H15ClN2O2. The van der Waals surface area contributed by atoms with Gasteiger partial charge in [-0.05, 0) is 42.8 Å². The van der Waals surface area contributed by atoms with Gasteiger partial charge in [-0.3, -0.25) is 0 Å². The Morgan fingerprint density at radius 3 is 2.70 bits per heavy atom. The topological polar surface area (TPSA) is 75.3 Å². The number of anilines is 2. The van der Waals surface area contributed by atoms with Gasteiger partial charge in [0.05, 0.1) is 5.56 Å². The molecule has 4 nitrogen and oxygen atoms in total. The van der Waals surface area contributed by atoms with Crippen LogP contribution in [-0.2, 0) is 0 Å². The standard InChI is InChI=1S/C15H15ClN2O2/c1-9(10-3-2-4-11(16)7-10)18-12-5-6-14(17)13(8-12)15(19)20/h2-9,18H,17H2,1H3,(H,19,20). The largest absolute Gasteiger partial charge is 0.478 e. The van der Waals surface area contributed by atoms with Crippen molar-refractivity contribution >= 4 is 28.9 Å². The zero-order chi connectivity index (χ0) is 14.7. The van der Waals surface area contributed by atoms with E-state index in [1.165, 1.54) is 6.07 Å². The highest BCUT2D eigenvalue weighted by molar-refractivity contribution is 6.30. The van der Waals surface area contributed by atoms with Gasteiger partial charge in [-0.1, -0.05) is 23.7 Å². The van der Waals surface area contributed by atoms with Crippen molar-refractivity contribution < 1.29 is 9.90 Å². The maximum absolute atomic E-state index is 11.0. The minimum atomic E-state index is -1.04. The average molecular weight is 291 g/mol. The van der Waals surface area contributed by atoms with Gasteiger partial charge in [0.1, 0.15) is 0 Å². The zero-order valence-electron chi connectivity index (χ0n) is 10.9. The molecule has 0 radical (unpaired) electrons. The predicted molar refractivity (Wildman–Crippen MR) is 81.3 cm³/mol. The van der Waals surface area contributed by atoms with Crippen molar-refractivity contribution in [2.24, 2.45) is 0 Å². The Kier molecular flexibility index (Phi) is 4.15. The summed E-state index contributed by atoms with van der Waals surface area (Å²) in [4.78, 5) is 11.0. The summed E-state index contributed by atoms with van der Waals surface area (Å²) in [5.74, 6) is -1.04. The number of carboxylic acids is 1. The van der Waals surface area contributed by atoms with Crippen LogP contribution < -0.4 is 11.1 Å². The number of nitrogen functional groups attached to an aromatic ring is 1. The van der Waals surface area contributed by atoms with Crippen molar-refractivity contribution in [3.63, 3.8) is 0 Å². The van der Waals surface area contributed by atoms with Crippen molar-refractivity contribution in [2.75, 3.05) is 11.1 Å². The van der Waals surface area contributed by atoms with Gasteiger partial charge < -0.3 is 16.2 Å². The molecule has 2 aromatic rings. The maximum Gasteiger partial charge on any atom is 0.337 e. The summed E-state index contributed by atoms with van der Waals surface area (Å²) >= 11 is 5.96. The first-order valence-electron chi connectivity index (χ1n) is 6.12. The number of aromatic carboxylic acids is 1. The number of nitrogens with one attached hydrogen (secondary N) is 1. The summed E-state index contributed by atoms with van der Waals surface area (Å²) < 4.78 is 0. The van der Waals surface area contributed by atoms with Crippen molar-refractivity contribution in [1.82, 2.24) is 0 Å². The second-order valence-corrected chi connectivity index (χ2v) is 4.96. The summed E-state index contributed by atoms with van der Waals surface area (Å²) in [7, 11) is 0. The van der Waals surface area contributed by atoms with Gasteiger partial charge in [-0.2, -0.15) is 0 Å². The number of carbonyl (C=O) groups is 1. The highest BCUT2D eigenvalue weighted by Gasteiger charge is 2.11. The van der Waals surface area contributed by atoms with Crippen LogP contribution in [0.1, 0.15) is 28.9 Å². The molecule has 0 saturated heterocycles. The van der Waals surface area contributed by atoms with E-state index < -0.39 is 5.97 Å². The maximum atomic E-state index is 11.0. The first-order chi connectivity index (χ1) is 9.47. The van der Waals surface area contributed by atoms with Crippen molar-refractivity contribution in [1.29, 1.82) is 0 Å². The smallest absolute Gasteiger partial charge is 0.337 e. The lowest BCUT2D eigenvalue weighted by Gasteiger charge is -2.16. The van der Waals surface area contributed by atoms with E-state index in [2.05, 4.69) is 5.32 Å². The molecule has 0 bridgehead atoms. The molecule has 0 spiro atoms. The first-order valence-corrected chi connectivity index (χ1v) is 6.50. The van der Waals surface area contributed by atoms with Gasteiger partial charge in [-0.15, -0.1) is 0 Å². The summed E-state index contributed by atoms with van der Waals surface area (Å²) in [6.07, 6.45) is 0. The highest BCUT2D eigenvalue weighted by Crippen LogP contribution is 2.24. The zero-order valence-corrected chi connectivity index (χ0v) is 11.7. The first kappa shape index (κ1) is 14.2. The molecule has 0 aliphatic heterocycles. The predicted octanol–water partition coefficient (Wildman–Crippen LogP) is 3.79. The Hall–Kier alpha value is -2.20. The van der Waals surface area contributed by atoms with Crippen molar-refractivity contribution in [3.05, 3.63) is 58.6 Å². The normalized spacial score (nSPS) is 11.9. The van der Waals surface area contributed by atoms with E-state index in [4.69, 9.17) is 22.4 Å². The van der Waals surface area contributed by atoms with Gasteiger partial charge in [-0.25, -0.2) is 4.79 Å². The number of benzene rings is 2. The fourth-order valence-corrected chi connectivity index (χ4v) is 2.14. The van der Waals surface area contributed by atoms with Crippen LogP contribution in [0.5, 0.6) is 0 Å². The summed E-state index contributed by atoms with van der Waals surface area (Å²) in [6, 6.07) is 12.4. The van der Waals surface area contributed by atoms with Gasteiger partial charge in [0.2, 0.25) is 0 Å². The Balaban J connectivity index is 2.22. The van der Waals surface area contributed by atoms with E-state index in [0.717, 1.165) is 5.56 Å². The van der Waals surface area contributed by atoms with Crippen LogP contribution >= 0.6 is 11.6 Å². The van der Waals surface area contributed by atoms with Crippen LogP contribution in [0, 0.1) is 0 Å². The Labute approximate surface area is 122 Å². The minimum Gasteiger partial charge on any atom is -0.478 e. The average Bonchev–Trinajstić information content (AvgIpc) is 2.40. The van der Waals surface area contributed by atoms with E-state index in [9.17, 15) is 4.79 Å². The quantitative estimate of drug-likeness (QED) is 0.749. The number of hydrogen-bond acceptors (Lipinski definition) is 3. The fourth-order valence-electron chi connectivity index (χ4n) is 1.94. The third-order valence-corrected chi connectivity index (χ3v) is 3.25. The molecule has 0 aliphatic rings. The Morgan fingerprint density at radius 1 is 1.30 bits per heavy atom. The van der Waals surface area contributed by atoms with Gasteiger partial charge in [0.15, 0.2) is 0 Å². The molecular weight excluding hydrogens is 276 g/mol. The Morgan fingerprint density at radius 2 is 2.05 bits per heavy atom. The highest BCUT2D eigenvalue weighted by atomic mass is 35.5. The molecule has 0 amide bonds. The lowest BCUT2D eigenvalue weighted by Crippen LogP contribution is -2.08. The second kappa shape index (κ2) is 5.84. The molecule has 0 heterocycles. The molecule has 0 aromatic heterocycles. The number of carboxylic acid groups (broad SMARTS) is 1. The molecule has 0 fully saturated rings. The van der Waals surface area contributed by atoms with E-state index >= 15 is 0 Å². The SMILES string of the molecule is CC(Nc1ccc(N)c(C(=O)O)c1)c1cccc(Cl)c1. The third-order valence-electron chi connectivity index (χ3n) is 3.02. The number of hydrogen-bond donors (Lipinski definition) is 3. The van der Waals surface area contributed by atoms with Crippen molar-refractivity contribution in [2.45, 2.75) is 13.0 Å². The lowest BCUT2D eigenvalue weighted by molar-refractivity contribution is 0.0698. The molecule has 0 saturated carbocycles. The molecule has 20 heavy (non-hydrogen) atoms. The molecule has 1 unspecified atom stereocenters. The summed E-state index contributed by atoms with van der Waals surface area (Å²) in [5, 5.41) is 12.9. The van der Waals surface area contributed by atoms with Crippen LogP contribution in [0.4, 0.5) is 11.4 Å². The molecule has 1 atom stereocenters. The minimum absolute atomic E-state index is 0.000954. The molecule has 2 aromatic carbocycles. The van der Waals surface area contributed by atoms with E-state index in [1.807, 2.05) is 31.2 Å². The Bertz CT molecular complexity index is 644. The van der Waals surface area contributed by atoms with Crippen LogP contribution in [0.3, 0.4) is 0 Å². The van der Waals surface area contributed by atoms with Crippen LogP contribution in [0.15, 0.2) is 42.5 Å². The lowest BCUT2D eigenvalue weighted by atomic mass is 10.1. The molecule has 5 heteroatoms. The van der Waals surface area contributed by atoms with Gasteiger partial charge >= 0.3 is 5.97 Å². The fraction of sp³-hybridized carbons (Fsp3) is 0.133. The summed E-state index contributed by atoms with van der Waals surface area (Å²) in [5.41, 5.74) is 7.68. The van der Waals surface area contributed by atoms with E-state index in [-0.39, 0.29) is 17.3 Å². The van der Waals surface area contributed by atoms with Crippen LogP contribution in [-0.4, -0.2) is 11.1 Å². The number of rotatable bonds is 4. The van der Waals surface area contributed by atoms with E-state index in [1.54, 1.807) is 12.1 Å². The van der Waals surface area contributed by atoms with Gasteiger partial charge in [0.25, 0.3) is 0 Å². The van der Waals surface area contributed by atoms with Crippen LogP contribution in [0.2, 0.25) is 5.02 Å². The molecule has 2 rings (SSSR count). The monoisotopic (exact) mass is 290 g/mol. The second-order valence-electron chi connectivity index (χ2n) is 4.53. The summed E-state index contributed by atoms with van der Waals surface area (Å²) in [6.45, 7) is 1.97.